The highest BCUT2D eigenvalue weighted by Crippen LogP contribution is 2.28. The third kappa shape index (κ3) is 2.77. The molecular formula is C16H17FN2O2. The summed E-state index contributed by atoms with van der Waals surface area (Å²) in [5, 5.41) is 0.843. The first-order valence-electron chi connectivity index (χ1n) is 6.89. The second kappa shape index (κ2) is 5.24. The molecule has 0 atom stereocenters. The second-order valence-electron chi connectivity index (χ2n) is 5.42. The normalized spacial score (nSPS) is 11.5. The van der Waals surface area contributed by atoms with Crippen molar-refractivity contribution in [1.29, 1.82) is 0 Å². The number of aromatic nitrogens is 2. The number of rotatable bonds is 4. The lowest BCUT2D eigenvalue weighted by atomic mass is 10.1. The fraction of sp³-hybridized carbons (Fsp3) is 0.312. The van der Waals surface area contributed by atoms with Crippen molar-refractivity contribution in [2.24, 2.45) is 0 Å². The minimum Gasteiger partial charge on any atom is -0.481 e. The van der Waals surface area contributed by atoms with Crippen molar-refractivity contribution in [1.82, 2.24) is 9.97 Å². The average molecular weight is 288 g/mol. The predicted molar refractivity (Wildman–Crippen MR) is 77.9 cm³/mol. The quantitative estimate of drug-likeness (QED) is 0.778. The molecule has 4 nitrogen and oxygen atoms in total. The van der Waals surface area contributed by atoms with E-state index < -0.39 is 0 Å². The second-order valence-corrected chi connectivity index (χ2v) is 5.42. The highest BCUT2D eigenvalue weighted by Gasteiger charge is 2.11. The van der Waals surface area contributed by atoms with Crippen LogP contribution >= 0.6 is 0 Å². The van der Waals surface area contributed by atoms with Gasteiger partial charge in [-0.1, -0.05) is 13.8 Å². The van der Waals surface area contributed by atoms with E-state index in [1.165, 1.54) is 12.3 Å². The Balaban J connectivity index is 1.86. The van der Waals surface area contributed by atoms with Gasteiger partial charge in [0.25, 0.3) is 0 Å². The highest BCUT2D eigenvalue weighted by atomic mass is 19.1. The zero-order valence-electron chi connectivity index (χ0n) is 12.2. The SMILES string of the molecule is Cc1coc(COc2cc3[nH]c(C(C)C)cc3cc2F)n1. The summed E-state index contributed by atoms with van der Waals surface area (Å²) < 4.78 is 24.7. The number of oxazole rings is 1. The molecule has 0 aliphatic carbocycles. The van der Waals surface area contributed by atoms with Gasteiger partial charge in [0, 0.05) is 22.7 Å². The molecule has 0 saturated carbocycles. The van der Waals surface area contributed by atoms with Crippen LogP contribution in [0, 0.1) is 12.7 Å². The summed E-state index contributed by atoms with van der Waals surface area (Å²) in [6, 6.07) is 5.12. The van der Waals surface area contributed by atoms with Crippen LogP contribution in [0.1, 0.15) is 37.0 Å². The van der Waals surface area contributed by atoms with Crippen LogP contribution in [0.3, 0.4) is 0 Å². The van der Waals surface area contributed by atoms with Crippen molar-refractivity contribution in [3.8, 4) is 5.75 Å². The minimum absolute atomic E-state index is 0.105. The molecule has 0 saturated heterocycles. The molecule has 3 rings (SSSR count). The van der Waals surface area contributed by atoms with Crippen LogP contribution in [-0.4, -0.2) is 9.97 Å². The maximum atomic E-state index is 14.0. The van der Waals surface area contributed by atoms with E-state index in [0.717, 1.165) is 22.3 Å². The fourth-order valence-corrected chi connectivity index (χ4v) is 2.19. The van der Waals surface area contributed by atoms with Crippen molar-refractivity contribution in [3.05, 3.63) is 47.6 Å². The molecule has 0 amide bonds. The Kier molecular flexibility index (Phi) is 3.41. The van der Waals surface area contributed by atoms with E-state index in [0.29, 0.717) is 11.8 Å². The third-order valence-corrected chi connectivity index (χ3v) is 3.33. The lowest BCUT2D eigenvalue weighted by Crippen LogP contribution is -1.98. The summed E-state index contributed by atoms with van der Waals surface area (Å²) in [4.78, 5) is 7.40. The van der Waals surface area contributed by atoms with Crippen molar-refractivity contribution >= 4 is 10.9 Å². The maximum Gasteiger partial charge on any atom is 0.232 e. The Morgan fingerprint density at radius 2 is 2.14 bits per heavy atom. The fourth-order valence-electron chi connectivity index (χ4n) is 2.19. The molecule has 3 aromatic rings. The highest BCUT2D eigenvalue weighted by molar-refractivity contribution is 5.82. The Morgan fingerprint density at radius 1 is 1.33 bits per heavy atom. The number of hydrogen-bond donors (Lipinski definition) is 1. The Labute approximate surface area is 121 Å². The first kappa shape index (κ1) is 13.7. The third-order valence-electron chi connectivity index (χ3n) is 3.33. The number of fused-ring (bicyclic) bond motifs is 1. The monoisotopic (exact) mass is 288 g/mol. The molecule has 2 aromatic heterocycles. The number of ether oxygens (including phenoxy) is 1. The Morgan fingerprint density at radius 3 is 2.81 bits per heavy atom. The zero-order valence-corrected chi connectivity index (χ0v) is 12.2. The lowest BCUT2D eigenvalue weighted by Gasteiger charge is -2.05. The standard InChI is InChI=1S/C16H17FN2O2/c1-9(2)13-5-11-4-12(17)15(6-14(11)19-13)20-8-16-18-10(3)7-21-16/h4-7,9,19H,8H2,1-3H3. The summed E-state index contributed by atoms with van der Waals surface area (Å²) in [6.45, 7) is 6.10. The summed E-state index contributed by atoms with van der Waals surface area (Å²) in [7, 11) is 0. The number of nitrogens with zero attached hydrogens (tertiary/aromatic N) is 1. The largest absolute Gasteiger partial charge is 0.481 e. The van der Waals surface area contributed by atoms with Crippen LogP contribution in [0.4, 0.5) is 4.39 Å². The van der Waals surface area contributed by atoms with Gasteiger partial charge in [0.1, 0.15) is 6.26 Å². The Bertz CT molecular complexity index is 774. The molecule has 2 heterocycles. The van der Waals surface area contributed by atoms with Crippen molar-refractivity contribution in [2.75, 3.05) is 0 Å². The van der Waals surface area contributed by atoms with Gasteiger partial charge in [-0.25, -0.2) is 9.37 Å². The van der Waals surface area contributed by atoms with Crippen molar-refractivity contribution < 1.29 is 13.5 Å². The smallest absolute Gasteiger partial charge is 0.232 e. The average Bonchev–Trinajstić information content (AvgIpc) is 3.02. The zero-order chi connectivity index (χ0) is 15.0. The van der Waals surface area contributed by atoms with Crippen LogP contribution in [0.25, 0.3) is 10.9 Å². The van der Waals surface area contributed by atoms with E-state index in [9.17, 15) is 4.39 Å². The van der Waals surface area contributed by atoms with Gasteiger partial charge in [-0.3, -0.25) is 0 Å². The Hall–Kier alpha value is -2.30. The first-order chi connectivity index (χ1) is 10.0. The predicted octanol–water partition coefficient (Wildman–Crippen LogP) is 4.31. The molecule has 0 spiro atoms. The molecule has 0 aliphatic heterocycles. The van der Waals surface area contributed by atoms with E-state index in [2.05, 4.69) is 23.8 Å². The molecule has 110 valence electrons. The molecule has 0 fully saturated rings. The number of aryl methyl sites for hydroxylation is 1. The van der Waals surface area contributed by atoms with Crippen molar-refractivity contribution in [2.45, 2.75) is 33.3 Å². The molecule has 0 unspecified atom stereocenters. The van der Waals surface area contributed by atoms with Crippen LogP contribution in [0.5, 0.6) is 5.75 Å². The van der Waals surface area contributed by atoms with E-state index in [1.54, 1.807) is 6.07 Å². The van der Waals surface area contributed by atoms with Gasteiger partial charge in [-0.2, -0.15) is 0 Å². The first-order valence-corrected chi connectivity index (χ1v) is 6.89. The number of halogens is 1. The summed E-state index contributed by atoms with van der Waals surface area (Å²) in [5.41, 5.74) is 2.71. The van der Waals surface area contributed by atoms with Gasteiger partial charge in [0.15, 0.2) is 18.2 Å². The van der Waals surface area contributed by atoms with Gasteiger partial charge in [-0.05, 0) is 25.0 Å². The molecular weight excluding hydrogens is 271 g/mol. The molecule has 1 N–H and O–H groups in total. The summed E-state index contributed by atoms with van der Waals surface area (Å²) in [5.74, 6) is 0.595. The molecule has 5 heteroatoms. The van der Waals surface area contributed by atoms with Gasteiger partial charge < -0.3 is 14.1 Å². The van der Waals surface area contributed by atoms with E-state index in [4.69, 9.17) is 9.15 Å². The van der Waals surface area contributed by atoms with E-state index >= 15 is 0 Å². The van der Waals surface area contributed by atoms with Crippen molar-refractivity contribution in [3.63, 3.8) is 0 Å². The molecule has 21 heavy (non-hydrogen) atoms. The number of H-pyrrole nitrogens is 1. The van der Waals surface area contributed by atoms with Crippen LogP contribution < -0.4 is 4.74 Å². The van der Waals surface area contributed by atoms with Gasteiger partial charge in [0.2, 0.25) is 5.89 Å². The topological polar surface area (TPSA) is 51.0 Å². The number of aromatic amines is 1. The minimum atomic E-state index is -0.389. The number of benzene rings is 1. The van der Waals surface area contributed by atoms with Crippen LogP contribution in [0.15, 0.2) is 28.9 Å². The molecule has 0 aliphatic rings. The molecule has 0 bridgehead atoms. The summed E-state index contributed by atoms with van der Waals surface area (Å²) in [6.07, 6.45) is 1.54. The molecule has 1 aromatic carbocycles. The van der Waals surface area contributed by atoms with E-state index in [-0.39, 0.29) is 18.2 Å². The lowest BCUT2D eigenvalue weighted by molar-refractivity contribution is 0.252. The van der Waals surface area contributed by atoms with E-state index in [1.807, 2.05) is 13.0 Å². The number of nitrogens with one attached hydrogen (secondary N) is 1. The van der Waals surface area contributed by atoms with Gasteiger partial charge in [-0.15, -0.1) is 0 Å². The number of hydrogen-bond acceptors (Lipinski definition) is 3. The van der Waals surface area contributed by atoms with Gasteiger partial charge in [0.05, 0.1) is 5.69 Å². The van der Waals surface area contributed by atoms with Gasteiger partial charge >= 0.3 is 0 Å². The molecule has 0 radical (unpaired) electrons. The van der Waals surface area contributed by atoms with Crippen LogP contribution in [-0.2, 0) is 6.61 Å². The van der Waals surface area contributed by atoms with Crippen LogP contribution in [0.2, 0.25) is 0 Å². The summed E-state index contributed by atoms with van der Waals surface area (Å²) >= 11 is 0. The maximum absolute atomic E-state index is 14.0.